The minimum atomic E-state index is -0.225. The molecule has 0 aliphatic carbocycles. The normalized spacial score (nSPS) is 10.7. The number of carbonyl (C=O) groups excluding carboxylic acids is 1. The maximum absolute atomic E-state index is 12.7. The van der Waals surface area contributed by atoms with E-state index in [0.29, 0.717) is 39.3 Å². The molecule has 3 aromatic carbocycles. The van der Waals surface area contributed by atoms with Crippen LogP contribution in [0, 0.1) is 6.92 Å². The fraction of sp³-hybridized carbons (Fsp3) is 0.0833. The van der Waals surface area contributed by atoms with Crippen molar-refractivity contribution in [3.63, 3.8) is 0 Å². The van der Waals surface area contributed by atoms with Gasteiger partial charge in [0, 0.05) is 17.3 Å². The molecule has 1 N–H and O–H groups in total. The zero-order valence-electron chi connectivity index (χ0n) is 16.1. The van der Waals surface area contributed by atoms with Crippen LogP contribution >= 0.6 is 0 Å². The quantitative estimate of drug-likeness (QED) is 0.535. The number of nitrogens with one attached hydrogen (secondary N) is 1. The van der Waals surface area contributed by atoms with Gasteiger partial charge in [-0.25, -0.2) is 0 Å². The minimum Gasteiger partial charge on any atom is -0.496 e. The molecule has 144 valence electrons. The van der Waals surface area contributed by atoms with Crippen LogP contribution in [0.15, 0.2) is 82.0 Å². The van der Waals surface area contributed by atoms with E-state index in [2.05, 4.69) is 5.32 Å². The van der Waals surface area contributed by atoms with Gasteiger partial charge in [0.2, 0.25) is 0 Å². The summed E-state index contributed by atoms with van der Waals surface area (Å²) in [5.41, 5.74) is 2.94. The zero-order valence-corrected chi connectivity index (χ0v) is 16.1. The molecule has 0 aliphatic rings. The first kappa shape index (κ1) is 18.5. The van der Waals surface area contributed by atoms with Gasteiger partial charge in [0.25, 0.3) is 5.91 Å². The van der Waals surface area contributed by atoms with Gasteiger partial charge in [0.15, 0.2) is 5.43 Å². The lowest BCUT2D eigenvalue weighted by atomic mass is 10.1. The number of para-hydroxylation sites is 1. The molecular formula is C24H19NO4. The molecule has 29 heavy (non-hydrogen) atoms. The van der Waals surface area contributed by atoms with E-state index >= 15 is 0 Å². The van der Waals surface area contributed by atoms with Crippen molar-refractivity contribution in [2.45, 2.75) is 6.92 Å². The van der Waals surface area contributed by atoms with Gasteiger partial charge in [-0.1, -0.05) is 30.3 Å². The van der Waals surface area contributed by atoms with Crippen LogP contribution in [-0.2, 0) is 0 Å². The van der Waals surface area contributed by atoms with Gasteiger partial charge in [-0.3, -0.25) is 9.59 Å². The summed E-state index contributed by atoms with van der Waals surface area (Å²) in [6, 6.07) is 21.2. The van der Waals surface area contributed by atoms with Gasteiger partial charge < -0.3 is 14.5 Å². The van der Waals surface area contributed by atoms with Crippen LogP contribution in [0.3, 0.4) is 0 Å². The third-order valence-electron chi connectivity index (χ3n) is 4.75. The average molecular weight is 385 g/mol. The fourth-order valence-electron chi connectivity index (χ4n) is 3.24. The van der Waals surface area contributed by atoms with E-state index in [0.717, 1.165) is 5.56 Å². The summed E-state index contributed by atoms with van der Waals surface area (Å²) >= 11 is 0. The number of fused-ring (bicyclic) bond motifs is 1. The van der Waals surface area contributed by atoms with Crippen molar-refractivity contribution in [2.75, 3.05) is 12.4 Å². The Morgan fingerprint density at radius 3 is 2.52 bits per heavy atom. The molecule has 0 aliphatic heterocycles. The molecule has 1 heterocycles. The largest absolute Gasteiger partial charge is 0.496 e. The Morgan fingerprint density at radius 2 is 1.72 bits per heavy atom. The first-order valence-corrected chi connectivity index (χ1v) is 9.15. The van der Waals surface area contributed by atoms with Crippen molar-refractivity contribution < 1.29 is 13.9 Å². The Labute approximate surface area is 167 Å². The Bertz CT molecular complexity index is 1270. The van der Waals surface area contributed by atoms with E-state index in [1.165, 1.54) is 6.07 Å². The summed E-state index contributed by atoms with van der Waals surface area (Å²) < 4.78 is 11.3. The SMILES string of the molecule is COc1ccccc1-c1cc(=O)c2cc(NC(=O)c3ccccc3C)ccc2o1. The Morgan fingerprint density at radius 1 is 0.966 bits per heavy atom. The molecular weight excluding hydrogens is 366 g/mol. The molecule has 5 heteroatoms. The summed E-state index contributed by atoms with van der Waals surface area (Å²) in [6.45, 7) is 1.88. The van der Waals surface area contributed by atoms with E-state index in [1.54, 1.807) is 31.4 Å². The first-order chi connectivity index (χ1) is 14.1. The van der Waals surface area contributed by atoms with Gasteiger partial charge in [0.05, 0.1) is 18.1 Å². The van der Waals surface area contributed by atoms with Crippen molar-refractivity contribution >= 4 is 22.6 Å². The average Bonchev–Trinajstić information content (AvgIpc) is 2.74. The maximum atomic E-state index is 12.7. The first-order valence-electron chi connectivity index (χ1n) is 9.15. The van der Waals surface area contributed by atoms with Gasteiger partial charge in [0.1, 0.15) is 17.1 Å². The molecule has 0 spiro atoms. The lowest BCUT2D eigenvalue weighted by molar-refractivity contribution is 0.102. The number of methoxy groups -OCH3 is 1. The second-order valence-corrected chi connectivity index (χ2v) is 6.66. The molecule has 1 amide bonds. The van der Waals surface area contributed by atoms with Crippen LogP contribution in [-0.4, -0.2) is 13.0 Å². The number of benzene rings is 3. The highest BCUT2D eigenvalue weighted by Gasteiger charge is 2.13. The molecule has 0 saturated carbocycles. The summed E-state index contributed by atoms with van der Waals surface area (Å²) in [5.74, 6) is 0.825. The second kappa shape index (κ2) is 7.64. The standard InChI is InChI=1S/C24H19NO4/c1-15-7-3-4-8-17(15)24(27)25-16-11-12-22-19(13-16)20(26)14-23(29-22)18-9-5-6-10-21(18)28-2/h3-14H,1-2H3,(H,25,27). The number of anilines is 1. The van der Waals surface area contributed by atoms with Crippen LogP contribution in [0.4, 0.5) is 5.69 Å². The van der Waals surface area contributed by atoms with Crippen LogP contribution in [0.2, 0.25) is 0 Å². The predicted octanol–water partition coefficient (Wildman–Crippen LogP) is 5.03. The molecule has 4 rings (SSSR count). The van der Waals surface area contributed by atoms with E-state index in [9.17, 15) is 9.59 Å². The Hall–Kier alpha value is -3.86. The Kier molecular flexibility index (Phi) is 4.87. The number of rotatable bonds is 4. The summed E-state index contributed by atoms with van der Waals surface area (Å²) in [4.78, 5) is 25.3. The fourth-order valence-corrected chi connectivity index (χ4v) is 3.24. The zero-order chi connectivity index (χ0) is 20.4. The van der Waals surface area contributed by atoms with Crippen LogP contribution in [0.5, 0.6) is 5.75 Å². The molecule has 1 aromatic heterocycles. The molecule has 0 bridgehead atoms. The maximum Gasteiger partial charge on any atom is 0.255 e. The highest BCUT2D eigenvalue weighted by Crippen LogP contribution is 2.31. The summed E-state index contributed by atoms with van der Waals surface area (Å²) in [6.07, 6.45) is 0. The molecule has 0 saturated heterocycles. The van der Waals surface area contributed by atoms with E-state index in [1.807, 2.05) is 49.4 Å². The van der Waals surface area contributed by atoms with Crippen molar-refractivity contribution in [1.82, 2.24) is 0 Å². The smallest absolute Gasteiger partial charge is 0.255 e. The van der Waals surface area contributed by atoms with Gasteiger partial charge in [-0.2, -0.15) is 0 Å². The number of aryl methyl sites for hydroxylation is 1. The molecule has 0 fully saturated rings. The summed E-state index contributed by atoms with van der Waals surface area (Å²) in [5, 5.41) is 3.24. The number of amides is 1. The third-order valence-corrected chi connectivity index (χ3v) is 4.75. The molecule has 5 nitrogen and oxygen atoms in total. The van der Waals surface area contributed by atoms with Crippen molar-refractivity contribution in [3.8, 4) is 17.1 Å². The van der Waals surface area contributed by atoms with Crippen LogP contribution in [0.1, 0.15) is 15.9 Å². The minimum absolute atomic E-state index is 0.195. The second-order valence-electron chi connectivity index (χ2n) is 6.66. The van der Waals surface area contributed by atoms with Crippen LogP contribution < -0.4 is 15.5 Å². The summed E-state index contributed by atoms with van der Waals surface area (Å²) in [7, 11) is 1.57. The lowest BCUT2D eigenvalue weighted by Crippen LogP contribution is -2.13. The van der Waals surface area contributed by atoms with Crippen molar-refractivity contribution in [2.24, 2.45) is 0 Å². The van der Waals surface area contributed by atoms with Gasteiger partial charge in [-0.05, 0) is 48.9 Å². The Balaban J connectivity index is 1.71. The topological polar surface area (TPSA) is 68.5 Å². The molecule has 0 atom stereocenters. The van der Waals surface area contributed by atoms with Crippen molar-refractivity contribution in [1.29, 1.82) is 0 Å². The monoisotopic (exact) mass is 385 g/mol. The van der Waals surface area contributed by atoms with E-state index in [-0.39, 0.29) is 11.3 Å². The number of hydrogen-bond donors (Lipinski definition) is 1. The highest BCUT2D eigenvalue weighted by molar-refractivity contribution is 6.06. The van der Waals surface area contributed by atoms with E-state index in [4.69, 9.17) is 9.15 Å². The van der Waals surface area contributed by atoms with Gasteiger partial charge in [-0.15, -0.1) is 0 Å². The molecule has 0 unspecified atom stereocenters. The predicted molar refractivity (Wildman–Crippen MR) is 114 cm³/mol. The lowest BCUT2D eigenvalue weighted by Gasteiger charge is -2.10. The molecule has 4 aromatic rings. The van der Waals surface area contributed by atoms with Crippen LogP contribution in [0.25, 0.3) is 22.3 Å². The third kappa shape index (κ3) is 3.62. The highest BCUT2D eigenvalue weighted by atomic mass is 16.5. The number of carbonyl (C=O) groups is 1. The van der Waals surface area contributed by atoms with E-state index < -0.39 is 0 Å². The molecule has 0 radical (unpaired) electrons. The number of ether oxygens (including phenoxy) is 1. The van der Waals surface area contributed by atoms with Gasteiger partial charge >= 0.3 is 0 Å². The number of hydrogen-bond acceptors (Lipinski definition) is 4. The van der Waals surface area contributed by atoms with Crippen molar-refractivity contribution in [3.05, 3.63) is 94.1 Å².